The van der Waals surface area contributed by atoms with Crippen molar-refractivity contribution >= 4 is 11.5 Å². The van der Waals surface area contributed by atoms with Gasteiger partial charge in [-0.3, -0.25) is 4.98 Å². The molecule has 5 heterocycles. The van der Waals surface area contributed by atoms with Crippen molar-refractivity contribution in [3.05, 3.63) is 61.1 Å². The highest BCUT2D eigenvalue weighted by molar-refractivity contribution is 5.68. The summed E-state index contributed by atoms with van der Waals surface area (Å²) in [7, 11) is 0. The minimum atomic E-state index is 0.619. The van der Waals surface area contributed by atoms with Gasteiger partial charge in [0.05, 0.1) is 13.2 Å². The van der Waals surface area contributed by atoms with Gasteiger partial charge in [0.1, 0.15) is 11.5 Å². The van der Waals surface area contributed by atoms with E-state index in [1.807, 2.05) is 42.7 Å². The fraction of sp³-hybridized carbons (Fsp3) is 0.200. The molecule has 0 bridgehead atoms. The van der Waals surface area contributed by atoms with E-state index in [1.165, 1.54) is 0 Å². The third kappa shape index (κ3) is 3.13. The molecule has 0 unspecified atom stereocenters. The van der Waals surface area contributed by atoms with Crippen molar-refractivity contribution in [1.29, 1.82) is 0 Å². The van der Waals surface area contributed by atoms with Gasteiger partial charge in [-0.05, 0) is 42.0 Å². The lowest BCUT2D eigenvalue weighted by Gasteiger charge is -2.27. The number of hydrogen-bond donors (Lipinski definition) is 0. The van der Waals surface area contributed by atoms with E-state index in [-0.39, 0.29) is 0 Å². The SMILES string of the molecule is c1ccc(-c2nc3cc(-c4ccc(N5CCOCC5)nc4)ccn3n2)nc1. The zero-order valence-electron chi connectivity index (χ0n) is 14.7. The fourth-order valence-corrected chi connectivity index (χ4v) is 3.20. The van der Waals surface area contributed by atoms with Crippen LogP contribution in [0.5, 0.6) is 0 Å². The maximum atomic E-state index is 5.40. The summed E-state index contributed by atoms with van der Waals surface area (Å²) in [5.74, 6) is 1.61. The monoisotopic (exact) mass is 358 g/mol. The van der Waals surface area contributed by atoms with Gasteiger partial charge in [-0.15, -0.1) is 5.10 Å². The van der Waals surface area contributed by atoms with Crippen LogP contribution in [0.2, 0.25) is 0 Å². The van der Waals surface area contributed by atoms with Gasteiger partial charge >= 0.3 is 0 Å². The molecule has 0 radical (unpaired) electrons. The van der Waals surface area contributed by atoms with Gasteiger partial charge in [0.15, 0.2) is 5.65 Å². The molecule has 0 spiro atoms. The minimum absolute atomic E-state index is 0.619. The van der Waals surface area contributed by atoms with Gasteiger partial charge in [0.2, 0.25) is 5.82 Å². The van der Waals surface area contributed by atoms with Gasteiger partial charge in [-0.25, -0.2) is 14.5 Å². The highest BCUT2D eigenvalue weighted by Gasteiger charge is 2.13. The number of pyridine rings is 3. The number of morpholine rings is 1. The smallest absolute Gasteiger partial charge is 0.200 e. The lowest BCUT2D eigenvalue weighted by molar-refractivity contribution is 0.122. The van der Waals surface area contributed by atoms with E-state index in [9.17, 15) is 0 Å². The van der Waals surface area contributed by atoms with Crippen LogP contribution in [0.25, 0.3) is 28.3 Å². The highest BCUT2D eigenvalue weighted by atomic mass is 16.5. The fourth-order valence-electron chi connectivity index (χ4n) is 3.20. The van der Waals surface area contributed by atoms with Crippen LogP contribution in [-0.4, -0.2) is 50.9 Å². The van der Waals surface area contributed by atoms with Crippen molar-refractivity contribution < 1.29 is 4.74 Å². The molecule has 134 valence electrons. The molecule has 0 aromatic carbocycles. The molecule has 4 aromatic rings. The predicted molar refractivity (Wildman–Crippen MR) is 102 cm³/mol. The normalized spacial score (nSPS) is 14.6. The summed E-state index contributed by atoms with van der Waals surface area (Å²) < 4.78 is 7.17. The standard InChI is InChI=1S/C20H18N6O/c1-2-7-21-17(3-1)20-23-19-13-15(6-8-26(19)24-20)16-4-5-18(22-14-16)25-9-11-27-12-10-25/h1-8,13-14H,9-12H2. The number of hydrogen-bond acceptors (Lipinski definition) is 6. The summed E-state index contributed by atoms with van der Waals surface area (Å²) in [6.45, 7) is 3.28. The molecule has 0 aliphatic carbocycles. The van der Waals surface area contributed by atoms with Crippen LogP contribution in [0.15, 0.2) is 61.1 Å². The molecular weight excluding hydrogens is 340 g/mol. The van der Waals surface area contributed by atoms with Gasteiger partial charge in [0, 0.05) is 37.2 Å². The number of fused-ring (bicyclic) bond motifs is 1. The van der Waals surface area contributed by atoms with Crippen LogP contribution in [-0.2, 0) is 4.74 Å². The average molecular weight is 358 g/mol. The molecule has 0 amide bonds. The van der Waals surface area contributed by atoms with Gasteiger partial charge < -0.3 is 9.64 Å². The molecule has 0 saturated carbocycles. The van der Waals surface area contributed by atoms with Crippen LogP contribution in [0.1, 0.15) is 0 Å². The van der Waals surface area contributed by atoms with E-state index in [0.29, 0.717) is 5.82 Å². The number of aromatic nitrogens is 5. The second-order valence-corrected chi connectivity index (χ2v) is 6.37. The third-order valence-corrected chi connectivity index (χ3v) is 4.65. The van der Waals surface area contributed by atoms with Crippen LogP contribution < -0.4 is 4.90 Å². The largest absolute Gasteiger partial charge is 0.378 e. The molecular formula is C20H18N6O. The zero-order chi connectivity index (χ0) is 18.1. The first-order valence-corrected chi connectivity index (χ1v) is 8.94. The molecule has 27 heavy (non-hydrogen) atoms. The number of ether oxygens (including phenoxy) is 1. The lowest BCUT2D eigenvalue weighted by Crippen LogP contribution is -2.36. The Morgan fingerprint density at radius 3 is 2.63 bits per heavy atom. The van der Waals surface area contributed by atoms with Crippen molar-refractivity contribution in [2.75, 3.05) is 31.2 Å². The van der Waals surface area contributed by atoms with E-state index in [0.717, 1.165) is 54.6 Å². The second kappa shape index (κ2) is 6.77. The van der Waals surface area contributed by atoms with Crippen molar-refractivity contribution in [2.24, 2.45) is 0 Å². The summed E-state index contributed by atoms with van der Waals surface area (Å²) >= 11 is 0. The Bertz CT molecular complexity index is 1050. The van der Waals surface area contributed by atoms with E-state index in [1.54, 1.807) is 10.7 Å². The minimum Gasteiger partial charge on any atom is -0.378 e. The zero-order valence-corrected chi connectivity index (χ0v) is 14.7. The first kappa shape index (κ1) is 15.9. The predicted octanol–water partition coefficient (Wildman–Crippen LogP) is 2.69. The molecule has 0 atom stereocenters. The summed E-state index contributed by atoms with van der Waals surface area (Å²) in [4.78, 5) is 15.8. The summed E-state index contributed by atoms with van der Waals surface area (Å²) in [6.07, 6.45) is 5.57. The van der Waals surface area contributed by atoms with Crippen molar-refractivity contribution in [2.45, 2.75) is 0 Å². The Morgan fingerprint density at radius 1 is 0.926 bits per heavy atom. The Morgan fingerprint density at radius 2 is 1.85 bits per heavy atom. The van der Waals surface area contributed by atoms with Gasteiger partial charge in [-0.2, -0.15) is 0 Å². The Hall–Kier alpha value is -3.32. The maximum absolute atomic E-state index is 5.40. The van der Waals surface area contributed by atoms with Crippen molar-refractivity contribution in [3.63, 3.8) is 0 Å². The van der Waals surface area contributed by atoms with E-state index in [2.05, 4.69) is 37.1 Å². The third-order valence-electron chi connectivity index (χ3n) is 4.65. The molecule has 1 saturated heterocycles. The van der Waals surface area contributed by atoms with E-state index >= 15 is 0 Å². The molecule has 1 aliphatic rings. The lowest BCUT2D eigenvalue weighted by atomic mass is 10.1. The van der Waals surface area contributed by atoms with Crippen molar-refractivity contribution in [3.8, 4) is 22.6 Å². The molecule has 1 fully saturated rings. The summed E-state index contributed by atoms with van der Waals surface area (Å²) in [5, 5.41) is 4.50. The molecule has 1 aliphatic heterocycles. The van der Waals surface area contributed by atoms with E-state index < -0.39 is 0 Å². The van der Waals surface area contributed by atoms with Crippen LogP contribution >= 0.6 is 0 Å². The molecule has 0 N–H and O–H groups in total. The molecule has 5 rings (SSSR count). The number of nitrogens with zero attached hydrogens (tertiary/aromatic N) is 6. The van der Waals surface area contributed by atoms with Crippen LogP contribution in [0.4, 0.5) is 5.82 Å². The Labute approximate surface area is 156 Å². The highest BCUT2D eigenvalue weighted by Crippen LogP contribution is 2.23. The van der Waals surface area contributed by atoms with Gasteiger partial charge in [0.25, 0.3) is 0 Å². The second-order valence-electron chi connectivity index (χ2n) is 6.37. The Kier molecular flexibility index (Phi) is 3.99. The van der Waals surface area contributed by atoms with E-state index in [4.69, 9.17) is 4.74 Å². The molecule has 7 heteroatoms. The first-order chi connectivity index (χ1) is 13.4. The quantitative estimate of drug-likeness (QED) is 0.561. The topological polar surface area (TPSA) is 68.4 Å². The molecule has 7 nitrogen and oxygen atoms in total. The molecule has 4 aromatic heterocycles. The van der Waals surface area contributed by atoms with Crippen LogP contribution in [0.3, 0.4) is 0 Å². The Balaban J connectivity index is 1.44. The summed E-state index contributed by atoms with van der Waals surface area (Å²) in [6, 6.07) is 13.9. The number of anilines is 1. The van der Waals surface area contributed by atoms with Crippen LogP contribution in [0, 0.1) is 0 Å². The summed E-state index contributed by atoms with van der Waals surface area (Å²) in [5.41, 5.74) is 3.66. The average Bonchev–Trinajstić information content (AvgIpc) is 3.19. The maximum Gasteiger partial charge on any atom is 0.200 e. The number of rotatable bonds is 3. The van der Waals surface area contributed by atoms with Crippen molar-refractivity contribution in [1.82, 2.24) is 24.6 Å². The first-order valence-electron chi connectivity index (χ1n) is 8.94. The van der Waals surface area contributed by atoms with Gasteiger partial charge in [-0.1, -0.05) is 6.07 Å².